The molecule has 1 aliphatic carbocycles. The summed E-state index contributed by atoms with van der Waals surface area (Å²) in [6.07, 6.45) is 6.05. The van der Waals surface area contributed by atoms with Gasteiger partial charge in [-0.2, -0.15) is 0 Å². The minimum absolute atomic E-state index is 0.0000200. The zero-order valence-corrected chi connectivity index (χ0v) is 14.9. The summed E-state index contributed by atoms with van der Waals surface area (Å²) in [5.41, 5.74) is 0. The number of aliphatic hydroxyl groups excluding tert-OH is 1. The molecule has 6 heteroatoms. The van der Waals surface area contributed by atoms with Crippen LogP contribution in [0.5, 0.6) is 0 Å². The van der Waals surface area contributed by atoms with Gasteiger partial charge in [0.25, 0.3) is 0 Å². The fourth-order valence-corrected chi connectivity index (χ4v) is 4.19. The summed E-state index contributed by atoms with van der Waals surface area (Å²) in [6, 6.07) is 0.693. The van der Waals surface area contributed by atoms with E-state index in [9.17, 15) is 9.90 Å². The van der Waals surface area contributed by atoms with Crippen LogP contribution in [0.3, 0.4) is 0 Å². The Morgan fingerprint density at radius 1 is 1.21 bits per heavy atom. The molecule has 0 radical (unpaired) electrons. The highest BCUT2D eigenvalue weighted by Crippen LogP contribution is 2.35. The number of hydrogen-bond donors (Lipinski definition) is 3. The molecule has 0 aromatic rings. The lowest BCUT2D eigenvalue weighted by molar-refractivity contribution is -0.125. The number of amides is 1. The quantitative estimate of drug-likeness (QED) is 0.675. The van der Waals surface area contributed by atoms with Gasteiger partial charge >= 0.3 is 0 Å². The molecule has 1 saturated carbocycles. The van der Waals surface area contributed by atoms with E-state index in [1.807, 2.05) is 13.8 Å². The maximum Gasteiger partial charge on any atom is 0.222 e. The highest BCUT2D eigenvalue weighted by molar-refractivity contribution is 5.76. The lowest BCUT2D eigenvalue weighted by Crippen LogP contribution is -2.43. The largest absolute Gasteiger partial charge is 0.388 e. The van der Waals surface area contributed by atoms with E-state index >= 15 is 0 Å². The molecular formula is C18H32N2O4. The van der Waals surface area contributed by atoms with Gasteiger partial charge in [-0.3, -0.25) is 4.79 Å². The average molecular weight is 340 g/mol. The van der Waals surface area contributed by atoms with Crippen molar-refractivity contribution in [2.24, 2.45) is 0 Å². The third kappa shape index (κ3) is 4.48. The van der Waals surface area contributed by atoms with E-state index in [1.165, 1.54) is 32.1 Å². The Hall–Kier alpha value is -0.690. The van der Waals surface area contributed by atoms with Gasteiger partial charge in [0.05, 0.1) is 24.7 Å². The van der Waals surface area contributed by atoms with E-state index in [2.05, 4.69) is 10.6 Å². The predicted octanol–water partition coefficient (Wildman–Crippen LogP) is 1.11. The van der Waals surface area contributed by atoms with Crippen LogP contribution < -0.4 is 10.6 Å². The van der Waals surface area contributed by atoms with Crippen LogP contribution in [0, 0.1) is 0 Å². The number of carbonyl (C=O) groups is 1. The van der Waals surface area contributed by atoms with E-state index in [0.29, 0.717) is 25.4 Å². The molecule has 138 valence electrons. The number of aliphatic hydroxyl groups is 1. The van der Waals surface area contributed by atoms with Crippen molar-refractivity contribution in [1.82, 2.24) is 10.6 Å². The van der Waals surface area contributed by atoms with E-state index < -0.39 is 6.10 Å². The van der Waals surface area contributed by atoms with Gasteiger partial charge in [-0.15, -0.1) is 0 Å². The SMILES string of the molecule is CC(C)NC(=O)C[C@@H]1C[C@H]2O[C@H](CNC3CCCCC3)[C@@H](O)[C@H]2O1. The Balaban J connectivity index is 1.41. The van der Waals surface area contributed by atoms with Crippen LogP contribution in [0.2, 0.25) is 0 Å². The van der Waals surface area contributed by atoms with E-state index in [4.69, 9.17) is 9.47 Å². The van der Waals surface area contributed by atoms with Crippen molar-refractivity contribution in [3.05, 3.63) is 0 Å². The molecule has 2 saturated heterocycles. The monoisotopic (exact) mass is 340 g/mol. The number of hydrogen-bond acceptors (Lipinski definition) is 5. The second-order valence-electron chi connectivity index (χ2n) is 7.83. The third-order valence-corrected chi connectivity index (χ3v) is 5.35. The molecule has 24 heavy (non-hydrogen) atoms. The van der Waals surface area contributed by atoms with Crippen molar-refractivity contribution in [2.45, 2.75) is 101 Å². The lowest BCUT2D eigenvalue weighted by Gasteiger charge is -2.26. The summed E-state index contributed by atoms with van der Waals surface area (Å²) in [7, 11) is 0. The Kier molecular flexibility index (Phi) is 6.13. The molecule has 0 spiro atoms. The molecule has 3 rings (SSSR count). The maximum absolute atomic E-state index is 11.8. The summed E-state index contributed by atoms with van der Waals surface area (Å²) in [4.78, 5) is 11.8. The van der Waals surface area contributed by atoms with Gasteiger partial charge in [-0.1, -0.05) is 19.3 Å². The predicted molar refractivity (Wildman–Crippen MR) is 90.7 cm³/mol. The zero-order chi connectivity index (χ0) is 17.1. The van der Waals surface area contributed by atoms with E-state index in [0.717, 1.165) is 0 Å². The fourth-order valence-electron chi connectivity index (χ4n) is 4.19. The summed E-state index contributed by atoms with van der Waals surface area (Å²) >= 11 is 0. The van der Waals surface area contributed by atoms with Crippen LogP contribution in [0.25, 0.3) is 0 Å². The standard InChI is InChI=1S/C18H32N2O4/c1-11(2)20-16(21)9-13-8-14-18(23-13)17(22)15(24-14)10-19-12-6-4-3-5-7-12/h11-15,17-19,22H,3-10H2,1-2H3,(H,20,21)/t13-,14+,15+,17+,18-/m0/s1. The van der Waals surface area contributed by atoms with Crippen molar-refractivity contribution in [3.63, 3.8) is 0 Å². The summed E-state index contributed by atoms with van der Waals surface area (Å²) < 4.78 is 11.9. The zero-order valence-electron chi connectivity index (χ0n) is 14.9. The van der Waals surface area contributed by atoms with Gasteiger partial charge in [0.15, 0.2) is 0 Å². The molecular weight excluding hydrogens is 308 g/mol. The Bertz CT molecular complexity index is 425. The highest BCUT2D eigenvalue weighted by atomic mass is 16.6. The summed E-state index contributed by atoms with van der Waals surface area (Å²) in [5, 5.41) is 16.9. The number of rotatable bonds is 6. The molecule has 5 atom stereocenters. The third-order valence-electron chi connectivity index (χ3n) is 5.35. The van der Waals surface area contributed by atoms with E-state index in [-0.39, 0.29) is 36.4 Å². The molecule has 0 aromatic heterocycles. The summed E-state index contributed by atoms with van der Waals surface area (Å²) in [6.45, 7) is 4.57. The maximum atomic E-state index is 11.8. The fraction of sp³-hybridized carbons (Fsp3) is 0.944. The van der Waals surface area contributed by atoms with Gasteiger partial charge < -0.3 is 25.2 Å². The van der Waals surface area contributed by atoms with Gasteiger partial charge in [0.2, 0.25) is 5.91 Å². The van der Waals surface area contributed by atoms with Crippen LogP contribution in [-0.2, 0) is 14.3 Å². The van der Waals surface area contributed by atoms with Crippen LogP contribution >= 0.6 is 0 Å². The molecule has 0 bridgehead atoms. The molecule has 1 amide bonds. The van der Waals surface area contributed by atoms with Crippen LogP contribution in [-0.4, -0.2) is 60.2 Å². The minimum Gasteiger partial charge on any atom is -0.388 e. The first-order chi connectivity index (χ1) is 11.5. The van der Waals surface area contributed by atoms with E-state index in [1.54, 1.807) is 0 Å². The first-order valence-electron chi connectivity index (χ1n) is 9.54. The second kappa shape index (κ2) is 8.13. The first-order valence-corrected chi connectivity index (χ1v) is 9.54. The molecule has 3 N–H and O–H groups in total. The number of fused-ring (bicyclic) bond motifs is 1. The molecule has 0 unspecified atom stereocenters. The van der Waals surface area contributed by atoms with Crippen molar-refractivity contribution in [2.75, 3.05) is 6.54 Å². The molecule has 0 aromatic carbocycles. The lowest BCUT2D eigenvalue weighted by atomic mass is 9.95. The number of carbonyl (C=O) groups excluding carboxylic acids is 1. The number of ether oxygens (including phenoxy) is 2. The van der Waals surface area contributed by atoms with Crippen molar-refractivity contribution in [3.8, 4) is 0 Å². The normalized spacial score (nSPS) is 36.9. The van der Waals surface area contributed by atoms with Gasteiger partial charge in [-0.25, -0.2) is 0 Å². The van der Waals surface area contributed by atoms with Crippen LogP contribution in [0.4, 0.5) is 0 Å². The van der Waals surface area contributed by atoms with Gasteiger partial charge in [-0.05, 0) is 26.7 Å². The molecule has 2 aliphatic heterocycles. The van der Waals surface area contributed by atoms with Crippen molar-refractivity contribution >= 4 is 5.91 Å². The molecule has 3 aliphatic rings. The molecule has 2 heterocycles. The van der Waals surface area contributed by atoms with Crippen LogP contribution in [0.15, 0.2) is 0 Å². The smallest absolute Gasteiger partial charge is 0.222 e. The topological polar surface area (TPSA) is 79.8 Å². The average Bonchev–Trinajstić information content (AvgIpc) is 3.04. The first kappa shape index (κ1) is 18.1. The number of nitrogens with one attached hydrogen (secondary N) is 2. The second-order valence-corrected chi connectivity index (χ2v) is 7.83. The Labute approximate surface area is 144 Å². The van der Waals surface area contributed by atoms with Gasteiger partial charge in [0.1, 0.15) is 12.2 Å². The van der Waals surface area contributed by atoms with Crippen LogP contribution in [0.1, 0.15) is 58.8 Å². The van der Waals surface area contributed by atoms with Gasteiger partial charge in [0, 0.05) is 25.0 Å². The molecule has 3 fully saturated rings. The Morgan fingerprint density at radius 3 is 2.62 bits per heavy atom. The van der Waals surface area contributed by atoms with Crippen molar-refractivity contribution in [1.29, 1.82) is 0 Å². The highest BCUT2D eigenvalue weighted by Gasteiger charge is 2.50. The Morgan fingerprint density at radius 2 is 1.96 bits per heavy atom. The summed E-state index contributed by atoms with van der Waals surface area (Å²) in [5.74, 6) is -0.0000200. The molecule has 6 nitrogen and oxygen atoms in total. The van der Waals surface area contributed by atoms with Crippen molar-refractivity contribution < 1.29 is 19.4 Å². The minimum atomic E-state index is -0.607.